The van der Waals surface area contributed by atoms with E-state index in [9.17, 15) is 5.11 Å². The summed E-state index contributed by atoms with van der Waals surface area (Å²) in [4.78, 5) is 2.30. The lowest BCUT2D eigenvalue weighted by Crippen LogP contribution is -2.35. The summed E-state index contributed by atoms with van der Waals surface area (Å²) in [7, 11) is 0. The molecule has 0 aromatic heterocycles. The van der Waals surface area contributed by atoms with Crippen LogP contribution < -0.4 is 5.73 Å². The molecule has 0 radical (unpaired) electrons. The number of nitrogens with one attached hydrogen (secondary N) is 1. The average Bonchev–Trinajstić information content (AvgIpc) is 2.28. The highest BCUT2D eigenvalue weighted by Gasteiger charge is 2.25. The molecular weight excluding hydrogens is 190 g/mol. The van der Waals surface area contributed by atoms with E-state index in [2.05, 4.69) is 4.90 Å². The number of hydrogen-bond donors (Lipinski definition) is 3. The molecule has 4 nitrogen and oxygen atoms in total. The molecule has 88 valence electrons. The number of amidine groups is 1. The van der Waals surface area contributed by atoms with Gasteiger partial charge in [-0.15, -0.1) is 0 Å². The van der Waals surface area contributed by atoms with Gasteiger partial charge >= 0.3 is 0 Å². The van der Waals surface area contributed by atoms with Crippen molar-refractivity contribution in [1.82, 2.24) is 4.90 Å². The Labute approximate surface area is 92.0 Å². The third-order valence-electron chi connectivity index (χ3n) is 3.22. The van der Waals surface area contributed by atoms with Crippen LogP contribution in [0.1, 0.15) is 33.1 Å². The third kappa shape index (κ3) is 4.18. The summed E-state index contributed by atoms with van der Waals surface area (Å²) in [6.45, 7) is 6.64. The Morgan fingerprint density at radius 1 is 1.53 bits per heavy atom. The minimum Gasteiger partial charge on any atom is -0.390 e. The lowest BCUT2D eigenvalue weighted by Gasteiger charge is -2.24. The molecule has 0 aromatic rings. The number of rotatable bonds is 3. The number of nitrogens with zero attached hydrogens (tertiary/aromatic N) is 1. The van der Waals surface area contributed by atoms with E-state index in [4.69, 9.17) is 11.1 Å². The van der Waals surface area contributed by atoms with Gasteiger partial charge in [0.2, 0.25) is 0 Å². The van der Waals surface area contributed by atoms with E-state index >= 15 is 0 Å². The van der Waals surface area contributed by atoms with E-state index in [-0.39, 0.29) is 11.8 Å². The van der Waals surface area contributed by atoms with Gasteiger partial charge in [-0.3, -0.25) is 5.41 Å². The van der Waals surface area contributed by atoms with Crippen molar-refractivity contribution in [2.24, 2.45) is 11.7 Å². The van der Waals surface area contributed by atoms with Crippen LogP contribution in [0.5, 0.6) is 0 Å². The molecule has 1 heterocycles. The SMILES string of the molecule is CC(CN1CCCC(C)(O)CC1)C(=N)N. The average molecular weight is 213 g/mol. The predicted molar refractivity (Wildman–Crippen MR) is 62.0 cm³/mol. The quantitative estimate of drug-likeness (QED) is 0.479. The Morgan fingerprint density at radius 3 is 2.80 bits per heavy atom. The number of aliphatic hydroxyl groups is 1. The van der Waals surface area contributed by atoms with Crippen LogP contribution >= 0.6 is 0 Å². The Morgan fingerprint density at radius 2 is 2.20 bits per heavy atom. The maximum Gasteiger partial charge on any atom is 0.0947 e. The van der Waals surface area contributed by atoms with Crippen molar-refractivity contribution < 1.29 is 5.11 Å². The van der Waals surface area contributed by atoms with Crippen LogP contribution in [-0.4, -0.2) is 41.1 Å². The third-order valence-corrected chi connectivity index (χ3v) is 3.22. The van der Waals surface area contributed by atoms with Crippen LogP contribution in [0.3, 0.4) is 0 Å². The molecule has 4 heteroatoms. The van der Waals surface area contributed by atoms with E-state index in [0.717, 1.165) is 38.9 Å². The first kappa shape index (κ1) is 12.5. The van der Waals surface area contributed by atoms with E-state index in [1.165, 1.54) is 0 Å². The molecule has 0 amide bonds. The van der Waals surface area contributed by atoms with Crippen LogP contribution in [-0.2, 0) is 0 Å². The molecule has 4 N–H and O–H groups in total. The number of likely N-dealkylation sites (tertiary alicyclic amines) is 1. The molecule has 0 aromatic carbocycles. The number of hydrogen-bond acceptors (Lipinski definition) is 3. The minimum atomic E-state index is -0.506. The normalized spacial score (nSPS) is 30.9. The first-order valence-electron chi connectivity index (χ1n) is 5.69. The molecule has 0 spiro atoms. The standard InChI is InChI=1S/C11H23N3O/c1-9(10(12)13)8-14-6-3-4-11(2,15)5-7-14/h9,15H,3-8H2,1-2H3,(H3,12,13). The predicted octanol–water partition coefficient (Wildman–Crippen LogP) is 0.795. The Balaban J connectivity index is 2.41. The fourth-order valence-electron chi connectivity index (χ4n) is 1.99. The van der Waals surface area contributed by atoms with E-state index in [0.29, 0.717) is 0 Å². The second kappa shape index (κ2) is 4.94. The van der Waals surface area contributed by atoms with Gasteiger partial charge in [0, 0.05) is 19.0 Å². The maximum atomic E-state index is 9.92. The Hall–Kier alpha value is -0.610. The van der Waals surface area contributed by atoms with Crippen molar-refractivity contribution >= 4 is 5.84 Å². The van der Waals surface area contributed by atoms with Crippen LogP contribution in [0, 0.1) is 11.3 Å². The monoisotopic (exact) mass is 213 g/mol. The van der Waals surface area contributed by atoms with Crippen molar-refractivity contribution in [1.29, 1.82) is 5.41 Å². The topological polar surface area (TPSA) is 73.3 Å². The molecule has 1 aliphatic heterocycles. The summed E-state index contributed by atoms with van der Waals surface area (Å²) < 4.78 is 0. The minimum absolute atomic E-state index is 0.119. The zero-order chi connectivity index (χ0) is 11.5. The molecule has 1 aliphatic rings. The van der Waals surface area contributed by atoms with E-state index < -0.39 is 5.60 Å². The molecule has 1 saturated heterocycles. The molecule has 2 atom stereocenters. The molecule has 1 fully saturated rings. The summed E-state index contributed by atoms with van der Waals surface area (Å²) in [5, 5.41) is 17.3. The van der Waals surface area contributed by atoms with E-state index in [1.54, 1.807) is 0 Å². The second-order valence-electron chi connectivity index (χ2n) is 5.01. The fourth-order valence-corrected chi connectivity index (χ4v) is 1.99. The van der Waals surface area contributed by atoms with Gasteiger partial charge in [-0.25, -0.2) is 0 Å². The van der Waals surface area contributed by atoms with Gasteiger partial charge in [0.15, 0.2) is 0 Å². The molecule has 2 unspecified atom stereocenters. The van der Waals surface area contributed by atoms with Crippen LogP contribution in [0.25, 0.3) is 0 Å². The molecule has 0 aliphatic carbocycles. The maximum absolute atomic E-state index is 9.92. The lowest BCUT2D eigenvalue weighted by atomic mass is 9.98. The molecule has 0 bridgehead atoms. The zero-order valence-electron chi connectivity index (χ0n) is 9.79. The van der Waals surface area contributed by atoms with Gasteiger partial charge in [0.25, 0.3) is 0 Å². The largest absolute Gasteiger partial charge is 0.390 e. The van der Waals surface area contributed by atoms with Gasteiger partial charge in [-0.05, 0) is 32.7 Å². The van der Waals surface area contributed by atoms with Crippen molar-refractivity contribution in [2.45, 2.75) is 38.7 Å². The van der Waals surface area contributed by atoms with Crippen molar-refractivity contribution in [3.8, 4) is 0 Å². The summed E-state index contributed by atoms with van der Waals surface area (Å²) in [5.74, 6) is 0.374. The molecule has 0 saturated carbocycles. The second-order valence-corrected chi connectivity index (χ2v) is 5.01. The van der Waals surface area contributed by atoms with Gasteiger partial charge in [-0.1, -0.05) is 6.92 Å². The molecule has 1 rings (SSSR count). The van der Waals surface area contributed by atoms with Crippen molar-refractivity contribution in [3.63, 3.8) is 0 Å². The van der Waals surface area contributed by atoms with Crippen molar-refractivity contribution in [2.75, 3.05) is 19.6 Å². The first-order valence-corrected chi connectivity index (χ1v) is 5.69. The zero-order valence-corrected chi connectivity index (χ0v) is 9.79. The van der Waals surface area contributed by atoms with Gasteiger partial charge in [0.1, 0.15) is 0 Å². The summed E-state index contributed by atoms with van der Waals surface area (Å²) in [5.41, 5.74) is 4.95. The van der Waals surface area contributed by atoms with Crippen LogP contribution in [0.2, 0.25) is 0 Å². The molecule has 15 heavy (non-hydrogen) atoms. The first-order chi connectivity index (χ1) is 6.91. The van der Waals surface area contributed by atoms with Crippen LogP contribution in [0.4, 0.5) is 0 Å². The highest BCUT2D eigenvalue weighted by Crippen LogP contribution is 2.21. The van der Waals surface area contributed by atoms with Gasteiger partial charge < -0.3 is 15.7 Å². The molecular formula is C11H23N3O. The van der Waals surface area contributed by atoms with Gasteiger partial charge in [-0.2, -0.15) is 0 Å². The lowest BCUT2D eigenvalue weighted by molar-refractivity contribution is 0.0445. The summed E-state index contributed by atoms with van der Waals surface area (Å²) in [6, 6.07) is 0. The highest BCUT2D eigenvalue weighted by atomic mass is 16.3. The van der Waals surface area contributed by atoms with Crippen LogP contribution in [0.15, 0.2) is 0 Å². The Bertz CT molecular complexity index is 228. The highest BCUT2D eigenvalue weighted by molar-refractivity contribution is 5.79. The van der Waals surface area contributed by atoms with Crippen molar-refractivity contribution in [3.05, 3.63) is 0 Å². The smallest absolute Gasteiger partial charge is 0.0947 e. The summed E-state index contributed by atoms with van der Waals surface area (Å²) >= 11 is 0. The van der Waals surface area contributed by atoms with Gasteiger partial charge in [0.05, 0.1) is 11.4 Å². The fraction of sp³-hybridized carbons (Fsp3) is 0.909. The van der Waals surface area contributed by atoms with E-state index in [1.807, 2.05) is 13.8 Å². The summed E-state index contributed by atoms with van der Waals surface area (Å²) in [6.07, 6.45) is 2.72. The number of nitrogens with two attached hydrogens (primary N) is 1. The Kier molecular flexibility index (Phi) is 4.11.